The highest BCUT2D eigenvalue weighted by Crippen LogP contribution is 2.40. The van der Waals surface area contributed by atoms with Gasteiger partial charge in [-0.1, -0.05) is 0 Å². The molecule has 6 unspecified atom stereocenters. The van der Waals surface area contributed by atoms with Crippen LogP contribution in [0, 0.1) is 11.8 Å². The summed E-state index contributed by atoms with van der Waals surface area (Å²) in [5.41, 5.74) is 0. The van der Waals surface area contributed by atoms with Crippen molar-refractivity contribution < 1.29 is 28.5 Å². The van der Waals surface area contributed by atoms with Gasteiger partial charge in [-0.25, -0.2) is 0 Å². The second kappa shape index (κ2) is 8.26. The van der Waals surface area contributed by atoms with Crippen LogP contribution in [0.3, 0.4) is 0 Å². The van der Waals surface area contributed by atoms with Gasteiger partial charge in [-0.15, -0.1) is 0 Å². The SMILES string of the molecule is O=C(CCCCC(=O)OCC1CCC2CC1O2)OCC1CCC2OC2C1. The molecule has 3 aliphatic heterocycles. The summed E-state index contributed by atoms with van der Waals surface area (Å²) in [7, 11) is 0. The number of fused-ring (bicyclic) bond motifs is 3. The molecule has 0 aromatic heterocycles. The number of hydrogen-bond donors (Lipinski definition) is 0. The second-order valence-electron chi connectivity index (χ2n) is 8.33. The highest BCUT2D eigenvalue weighted by Gasteiger charge is 2.44. The first kappa shape index (κ1) is 18.2. The Labute approximate surface area is 154 Å². The van der Waals surface area contributed by atoms with Gasteiger partial charge in [0.25, 0.3) is 0 Å². The quantitative estimate of drug-likeness (QED) is 0.355. The number of hydrogen-bond acceptors (Lipinski definition) is 6. The topological polar surface area (TPSA) is 74.4 Å². The first-order chi connectivity index (χ1) is 12.7. The number of rotatable bonds is 9. The Hall–Kier alpha value is -1.14. The van der Waals surface area contributed by atoms with Crippen LogP contribution < -0.4 is 0 Å². The molecule has 146 valence electrons. The summed E-state index contributed by atoms with van der Waals surface area (Å²) < 4.78 is 21.9. The summed E-state index contributed by atoms with van der Waals surface area (Å²) in [4.78, 5) is 23.6. The predicted octanol–water partition coefficient (Wildman–Crippen LogP) is 2.77. The Balaban J connectivity index is 1.00. The molecule has 0 spiro atoms. The normalized spacial score (nSPS) is 37.2. The molecular weight excluding hydrogens is 336 g/mol. The lowest BCUT2D eigenvalue weighted by Crippen LogP contribution is -2.49. The zero-order valence-electron chi connectivity index (χ0n) is 15.4. The van der Waals surface area contributed by atoms with Crippen LogP contribution in [0.15, 0.2) is 0 Å². The number of unbranched alkanes of at least 4 members (excludes halogenated alkanes) is 1. The molecule has 0 amide bonds. The fraction of sp³-hybridized carbons (Fsp3) is 0.900. The molecule has 0 radical (unpaired) electrons. The number of epoxide rings is 1. The Bertz CT molecular complexity index is 512. The van der Waals surface area contributed by atoms with Crippen molar-refractivity contribution >= 4 is 11.9 Å². The molecule has 6 heteroatoms. The van der Waals surface area contributed by atoms with Gasteiger partial charge in [-0.2, -0.15) is 0 Å². The molecule has 6 nitrogen and oxygen atoms in total. The minimum atomic E-state index is -0.166. The average molecular weight is 366 g/mol. The van der Waals surface area contributed by atoms with Crippen LogP contribution in [0.25, 0.3) is 0 Å². The zero-order valence-corrected chi connectivity index (χ0v) is 15.4. The Morgan fingerprint density at radius 3 is 2.15 bits per heavy atom. The largest absolute Gasteiger partial charge is 0.465 e. The molecule has 0 aromatic carbocycles. The van der Waals surface area contributed by atoms with Crippen LogP contribution in [0.5, 0.6) is 0 Å². The number of ether oxygens (including phenoxy) is 4. The highest BCUT2D eigenvalue weighted by molar-refractivity contribution is 5.70. The lowest BCUT2D eigenvalue weighted by Gasteiger charge is -2.46. The predicted molar refractivity (Wildman–Crippen MR) is 92.4 cm³/mol. The van der Waals surface area contributed by atoms with Gasteiger partial charge in [-0.05, 0) is 50.9 Å². The van der Waals surface area contributed by atoms with Crippen molar-refractivity contribution in [3.8, 4) is 0 Å². The van der Waals surface area contributed by atoms with Crippen LogP contribution in [0.2, 0.25) is 0 Å². The van der Waals surface area contributed by atoms with E-state index in [0.717, 1.165) is 38.5 Å². The maximum absolute atomic E-state index is 11.8. The van der Waals surface area contributed by atoms with Crippen molar-refractivity contribution in [3.05, 3.63) is 0 Å². The van der Waals surface area contributed by atoms with E-state index in [1.54, 1.807) is 0 Å². The molecule has 3 saturated heterocycles. The van der Waals surface area contributed by atoms with Crippen molar-refractivity contribution in [2.24, 2.45) is 11.8 Å². The van der Waals surface area contributed by atoms with E-state index in [9.17, 15) is 9.59 Å². The van der Waals surface area contributed by atoms with E-state index >= 15 is 0 Å². The number of carbonyl (C=O) groups excluding carboxylic acids is 2. The monoisotopic (exact) mass is 366 g/mol. The van der Waals surface area contributed by atoms with Gasteiger partial charge < -0.3 is 18.9 Å². The lowest BCUT2D eigenvalue weighted by atomic mass is 9.80. The molecular formula is C20H30O6. The van der Waals surface area contributed by atoms with Gasteiger partial charge >= 0.3 is 11.9 Å². The highest BCUT2D eigenvalue weighted by atomic mass is 16.6. The lowest BCUT2D eigenvalue weighted by molar-refractivity contribution is -0.196. The third-order valence-electron chi connectivity index (χ3n) is 6.31. The van der Waals surface area contributed by atoms with Crippen LogP contribution in [0.1, 0.15) is 64.2 Å². The van der Waals surface area contributed by atoms with Gasteiger partial charge in [0.2, 0.25) is 0 Å². The maximum Gasteiger partial charge on any atom is 0.305 e. The number of esters is 2. The van der Waals surface area contributed by atoms with Crippen molar-refractivity contribution in [1.29, 1.82) is 0 Å². The van der Waals surface area contributed by atoms with Crippen molar-refractivity contribution in [3.63, 3.8) is 0 Å². The summed E-state index contributed by atoms with van der Waals surface area (Å²) in [6.45, 7) is 0.990. The van der Waals surface area contributed by atoms with Gasteiger partial charge in [0, 0.05) is 25.2 Å². The summed E-state index contributed by atoms with van der Waals surface area (Å²) in [6, 6.07) is 0. The molecule has 0 N–H and O–H groups in total. The van der Waals surface area contributed by atoms with Crippen LogP contribution >= 0.6 is 0 Å². The van der Waals surface area contributed by atoms with Gasteiger partial charge in [0.15, 0.2) is 0 Å². The first-order valence-corrected chi connectivity index (χ1v) is 10.3. The zero-order chi connectivity index (χ0) is 17.9. The van der Waals surface area contributed by atoms with E-state index in [1.165, 1.54) is 0 Å². The van der Waals surface area contributed by atoms with Gasteiger partial charge in [-0.3, -0.25) is 9.59 Å². The minimum Gasteiger partial charge on any atom is -0.465 e. The number of carbonyl (C=O) groups is 2. The third-order valence-corrected chi connectivity index (χ3v) is 6.31. The van der Waals surface area contributed by atoms with Gasteiger partial charge in [0.05, 0.1) is 37.6 Å². The molecule has 2 saturated carbocycles. The molecule has 3 heterocycles. The summed E-state index contributed by atoms with van der Waals surface area (Å²) in [5, 5.41) is 0. The van der Waals surface area contributed by atoms with Gasteiger partial charge in [0.1, 0.15) is 0 Å². The molecule has 6 atom stereocenters. The molecule has 0 aromatic rings. The van der Waals surface area contributed by atoms with Crippen LogP contribution in [0.4, 0.5) is 0 Å². The fourth-order valence-corrected chi connectivity index (χ4v) is 4.49. The van der Waals surface area contributed by atoms with E-state index in [4.69, 9.17) is 18.9 Å². The molecule has 2 aliphatic carbocycles. The first-order valence-electron chi connectivity index (χ1n) is 10.3. The standard InChI is InChI=1S/C20H30O6/c21-19(23-11-13-5-8-16-18(9-13)26-16)3-1-2-4-20(22)24-12-14-6-7-15-10-17(14)25-15/h13-18H,1-12H2. The molecule has 5 rings (SSSR count). The Morgan fingerprint density at radius 1 is 0.769 bits per heavy atom. The van der Waals surface area contributed by atoms with E-state index in [2.05, 4.69) is 0 Å². The Kier molecular flexibility index (Phi) is 5.79. The second-order valence-corrected chi connectivity index (χ2v) is 8.33. The third kappa shape index (κ3) is 4.77. The maximum atomic E-state index is 11.8. The molecule has 26 heavy (non-hydrogen) atoms. The molecule has 5 fully saturated rings. The minimum absolute atomic E-state index is 0.156. The summed E-state index contributed by atoms with van der Waals surface area (Å²) >= 11 is 0. The smallest absolute Gasteiger partial charge is 0.305 e. The van der Waals surface area contributed by atoms with E-state index < -0.39 is 0 Å². The van der Waals surface area contributed by atoms with Crippen molar-refractivity contribution in [2.45, 2.75) is 88.6 Å². The molecule has 5 aliphatic rings. The van der Waals surface area contributed by atoms with E-state index in [0.29, 0.717) is 75.1 Å². The molecule has 2 bridgehead atoms. The fourth-order valence-electron chi connectivity index (χ4n) is 4.49. The summed E-state index contributed by atoms with van der Waals surface area (Å²) in [6.07, 6.45) is 10.3. The average Bonchev–Trinajstić information content (AvgIpc) is 3.40. The van der Waals surface area contributed by atoms with E-state index in [-0.39, 0.29) is 11.9 Å². The summed E-state index contributed by atoms with van der Waals surface area (Å²) in [5.74, 6) is 0.500. The van der Waals surface area contributed by atoms with Crippen molar-refractivity contribution in [1.82, 2.24) is 0 Å². The van der Waals surface area contributed by atoms with Crippen LogP contribution in [-0.2, 0) is 28.5 Å². The van der Waals surface area contributed by atoms with E-state index in [1.807, 2.05) is 0 Å². The van der Waals surface area contributed by atoms with Crippen molar-refractivity contribution in [2.75, 3.05) is 13.2 Å². The van der Waals surface area contributed by atoms with Crippen LogP contribution in [-0.4, -0.2) is 49.6 Å². The Morgan fingerprint density at radius 2 is 1.50 bits per heavy atom.